The Labute approximate surface area is 136 Å². The smallest absolute Gasteiger partial charge is 0.306 e. The molecule has 22 heavy (non-hydrogen) atoms. The quantitative estimate of drug-likeness (QED) is 0.513. The van der Waals surface area contributed by atoms with E-state index in [9.17, 15) is 9.59 Å². The number of rotatable bonds is 11. The third-order valence-corrected chi connectivity index (χ3v) is 3.72. The Hall–Kier alpha value is -1.06. The van der Waals surface area contributed by atoms with Gasteiger partial charge in [-0.15, -0.1) is 0 Å². The molecule has 2 N–H and O–H groups in total. The van der Waals surface area contributed by atoms with Crippen LogP contribution in [0.25, 0.3) is 0 Å². The number of carboxylic acids is 2. The summed E-state index contributed by atoms with van der Waals surface area (Å²) >= 11 is 0. The van der Waals surface area contributed by atoms with Gasteiger partial charge in [0.15, 0.2) is 0 Å². The van der Waals surface area contributed by atoms with Gasteiger partial charge >= 0.3 is 11.9 Å². The third-order valence-electron chi connectivity index (χ3n) is 3.72. The van der Waals surface area contributed by atoms with Crippen LogP contribution in [0.1, 0.15) is 86.0 Å². The molecule has 0 saturated carbocycles. The lowest BCUT2D eigenvalue weighted by atomic mass is 9.95. The van der Waals surface area contributed by atoms with Crippen molar-refractivity contribution in [1.29, 1.82) is 0 Å². The molecule has 2 unspecified atom stereocenters. The van der Waals surface area contributed by atoms with E-state index in [1.807, 2.05) is 6.92 Å². The topological polar surface area (TPSA) is 74.6 Å². The lowest BCUT2D eigenvalue weighted by Gasteiger charge is -2.11. The van der Waals surface area contributed by atoms with Crippen molar-refractivity contribution in [3.8, 4) is 0 Å². The minimum atomic E-state index is -0.680. The Morgan fingerprint density at radius 3 is 1.91 bits per heavy atom. The molecule has 4 heteroatoms. The highest BCUT2D eigenvalue weighted by Crippen LogP contribution is 2.15. The highest BCUT2D eigenvalue weighted by atomic mass is 16.4. The Bertz CT molecular complexity index is 287. The molecule has 0 rings (SSSR count). The van der Waals surface area contributed by atoms with Crippen LogP contribution in [0.3, 0.4) is 0 Å². The third kappa shape index (κ3) is 17.0. The maximum atomic E-state index is 10.5. The molecule has 0 aliphatic rings. The molecule has 132 valence electrons. The van der Waals surface area contributed by atoms with Gasteiger partial charge in [-0.2, -0.15) is 0 Å². The second-order valence-corrected chi connectivity index (χ2v) is 6.61. The Morgan fingerprint density at radius 1 is 0.955 bits per heavy atom. The van der Waals surface area contributed by atoms with Gasteiger partial charge in [-0.25, -0.2) is 0 Å². The van der Waals surface area contributed by atoms with E-state index < -0.39 is 11.9 Å². The second-order valence-electron chi connectivity index (χ2n) is 6.61. The van der Waals surface area contributed by atoms with E-state index in [4.69, 9.17) is 10.2 Å². The zero-order chi connectivity index (χ0) is 17.5. The Morgan fingerprint density at radius 2 is 1.55 bits per heavy atom. The minimum Gasteiger partial charge on any atom is -0.481 e. The molecule has 0 fully saturated rings. The van der Waals surface area contributed by atoms with E-state index in [2.05, 4.69) is 27.7 Å². The van der Waals surface area contributed by atoms with E-state index in [0.717, 1.165) is 44.9 Å². The molecule has 2 atom stereocenters. The molecule has 0 heterocycles. The van der Waals surface area contributed by atoms with Gasteiger partial charge in [0.1, 0.15) is 0 Å². The van der Waals surface area contributed by atoms with Crippen molar-refractivity contribution in [1.82, 2.24) is 0 Å². The van der Waals surface area contributed by atoms with Gasteiger partial charge in [0.25, 0.3) is 0 Å². The molecule has 0 aromatic heterocycles. The number of carboxylic acid groups (broad SMARTS) is 2. The predicted octanol–water partition coefficient (Wildman–Crippen LogP) is 5.21. The van der Waals surface area contributed by atoms with Crippen molar-refractivity contribution in [3.05, 3.63) is 0 Å². The summed E-state index contributed by atoms with van der Waals surface area (Å²) in [4.78, 5) is 20.7. The molecule has 0 bridgehead atoms. The largest absolute Gasteiger partial charge is 0.481 e. The van der Waals surface area contributed by atoms with Crippen LogP contribution in [0, 0.1) is 17.8 Å². The fourth-order valence-electron chi connectivity index (χ4n) is 2.44. The van der Waals surface area contributed by atoms with Crippen molar-refractivity contribution in [2.75, 3.05) is 0 Å². The Kier molecular flexibility index (Phi) is 15.7. The summed E-state index contributed by atoms with van der Waals surface area (Å²) < 4.78 is 0. The van der Waals surface area contributed by atoms with E-state index >= 15 is 0 Å². The van der Waals surface area contributed by atoms with Crippen molar-refractivity contribution in [3.63, 3.8) is 0 Å². The number of hydrogen-bond donors (Lipinski definition) is 2. The Balaban J connectivity index is 0. The molecule has 0 aliphatic heterocycles. The van der Waals surface area contributed by atoms with Crippen molar-refractivity contribution in [2.24, 2.45) is 17.8 Å². The predicted molar refractivity (Wildman–Crippen MR) is 91.0 cm³/mol. The van der Waals surface area contributed by atoms with Gasteiger partial charge in [0, 0.05) is 6.42 Å². The van der Waals surface area contributed by atoms with Crippen LogP contribution in [-0.2, 0) is 9.59 Å². The summed E-state index contributed by atoms with van der Waals surface area (Å²) in [7, 11) is 0. The fourth-order valence-corrected chi connectivity index (χ4v) is 2.44. The molecule has 0 aromatic carbocycles. The molecule has 0 radical (unpaired) electrons. The fraction of sp³-hybridized carbons (Fsp3) is 0.889. The van der Waals surface area contributed by atoms with Crippen molar-refractivity contribution in [2.45, 2.75) is 86.0 Å². The normalized spacial score (nSPS) is 13.2. The molecule has 0 saturated heterocycles. The molecular weight excluding hydrogens is 280 g/mol. The number of aliphatic carboxylic acids is 2. The van der Waals surface area contributed by atoms with Crippen LogP contribution in [-0.4, -0.2) is 22.2 Å². The molecule has 0 aromatic rings. The lowest BCUT2D eigenvalue weighted by molar-refractivity contribution is -0.142. The van der Waals surface area contributed by atoms with Gasteiger partial charge in [0.2, 0.25) is 0 Å². The summed E-state index contributed by atoms with van der Waals surface area (Å²) in [5.41, 5.74) is 0. The van der Waals surface area contributed by atoms with Gasteiger partial charge in [0.05, 0.1) is 5.92 Å². The first kappa shape index (κ1) is 23.2. The monoisotopic (exact) mass is 316 g/mol. The summed E-state index contributed by atoms with van der Waals surface area (Å²) in [6, 6.07) is 0. The van der Waals surface area contributed by atoms with Crippen LogP contribution >= 0.6 is 0 Å². The van der Waals surface area contributed by atoms with Crippen LogP contribution in [0.2, 0.25) is 0 Å². The zero-order valence-electron chi connectivity index (χ0n) is 15.1. The maximum absolute atomic E-state index is 10.5. The molecule has 4 nitrogen and oxygen atoms in total. The van der Waals surface area contributed by atoms with Crippen molar-refractivity contribution >= 4 is 11.9 Å². The second kappa shape index (κ2) is 14.9. The van der Waals surface area contributed by atoms with Gasteiger partial charge in [-0.3, -0.25) is 9.59 Å². The highest BCUT2D eigenvalue weighted by Gasteiger charge is 2.13. The summed E-state index contributed by atoms with van der Waals surface area (Å²) in [5, 5.41) is 17.1. The standard InChI is InChI=1S/2C9H18O2/c1-7(2)6-8(3)4-5-9(10)11;1-3-5-6-7-8(4-2)9(10)11/h7-8H,4-6H2,1-3H3,(H,10,11);8H,3-7H2,1-2H3,(H,10,11). The van der Waals surface area contributed by atoms with Crippen LogP contribution in [0.5, 0.6) is 0 Å². The van der Waals surface area contributed by atoms with E-state index in [1.54, 1.807) is 0 Å². The lowest BCUT2D eigenvalue weighted by Crippen LogP contribution is -2.12. The average molecular weight is 316 g/mol. The van der Waals surface area contributed by atoms with Crippen LogP contribution < -0.4 is 0 Å². The average Bonchev–Trinajstić information content (AvgIpc) is 2.41. The molecule has 0 aliphatic carbocycles. The molecule has 0 amide bonds. The highest BCUT2D eigenvalue weighted by molar-refractivity contribution is 5.69. The number of unbranched alkanes of at least 4 members (excludes halogenated alkanes) is 2. The van der Waals surface area contributed by atoms with Crippen LogP contribution in [0.4, 0.5) is 0 Å². The van der Waals surface area contributed by atoms with E-state index in [-0.39, 0.29) is 5.92 Å². The van der Waals surface area contributed by atoms with E-state index in [1.165, 1.54) is 0 Å². The van der Waals surface area contributed by atoms with Gasteiger partial charge in [-0.1, -0.05) is 53.9 Å². The maximum Gasteiger partial charge on any atom is 0.306 e. The molecular formula is C18H36O4. The summed E-state index contributed by atoms with van der Waals surface area (Å²) in [6.45, 7) is 10.5. The van der Waals surface area contributed by atoms with Crippen molar-refractivity contribution < 1.29 is 19.8 Å². The summed E-state index contributed by atoms with van der Waals surface area (Å²) in [6.07, 6.45) is 7.24. The first-order valence-corrected chi connectivity index (χ1v) is 8.69. The summed E-state index contributed by atoms with van der Waals surface area (Å²) in [5.74, 6) is -0.198. The number of hydrogen-bond acceptors (Lipinski definition) is 2. The first-order valence-electron chi connectivity index (χ1n) is 8.69. The zero-order valence-corrected chi connectivity index (χ0v) is 15.1. The minimum absolute atomic E-state index is 0.110. The first-order chi connectivity index (χ1) is 10.2. The number of carbonyl (C=O) groups is 2. The van der Waals surface area contributed by atoms with Crippen LogP contribution in [0.15, 0.2) is 0 Å². The van der Waals surface area contributed by atoms with Gasteiger partial charge in [-0.05, 0) is 37.5 Å². The SMILES string of the molecule is CC(C)CC(C)CCC(=O)O.CCCCCC(CC)C(=O)O. The molecule has 0 spiro atoms. The van der Waals surface area contributed by atoms with Gasteiger partial charge < -0.3 is 10.2 Å². The van der Waals surface area contributed by atoms with E-state index in [0.29, 0.717) is 18.3 Å².